The van der Waals surface area contributed by atoms with Gasteiger partial charge in [-0.15, -0.1) is 0 Å². The number of carbonyl (C=O) groups is 2. The van der Waals surface area contributed by atoms with Crippen molar-refractivity contribution in [3.63, 3.8) is 0 Å². The quantitative estimate of drug-likeness (QED) is 0.260. The molecule has 1 atom stereocenters. The fourth-order valence-electron chi connectivity index (χ4n) is 5.70. The molecule has 4 heterocycles. The van der Waals surface area contributed by atoms with Crippen LogP contribution in [0.5, 0.6) is 11.9 Å². The molecule has 2 aliphatic heterocycles. The van der Waals surface area contributed by atoms with Crippen molar-refractivity contribution >= 4 is 46.4 Å². The van der Waals surface area contributed by atoms with E-state index in [1.54, 1.807) is 47.9 Å². The molecule has 2 aromatic carbocycles. The summed E-state index contributed by atoms with van der Waals surface area (Å²) in [6.45, 7) is 3.87. The standard InChI is InChI=1S/C29H23Cl2F3N6O4/c1-13(2)39-22-21(37-23(39)17-11-35-27(38-24(17)43-4)44-12-28(32,33)34)25(41)40(20-10-16(31)6-5-14(20)3)29(22)18-8-7-15(30)9-19(18)36-26(29)42/h5-11,13H,12H2,1-4H3,(H,36,42)/t29-/m0/s1. The Kier molecular flexibility index (Phi) is 7.00. The summed E-state index contributed by atoms with van der Waals surface area (Å²) in [4.78, 5) is 42.8. The van der Waals surface area contributed by atoms with Gasteiger partial charge in [0, 0.05) is 33.5 Å². The number of benzene rings is 2. The lowest BCUT2D eigenvalue weighted by molar-refractivity contribution is -0.154. The number of rotatable bonds is 6. The van der Waals surface area contributed by atoms with E-state index in [4.69, 9.17) is 37.7 Å². The third-order valence-electron chi connectivity index (χ3n) is 7.40. The van der Waals surface area contributed by atoms with Crippen molar-refractivity contribution in [2.75, 3.05) is 23.9 Å². The Morgan fingerprint density at radius 2 is 1.77 bits per heavy atom. The first-order valence-corrected chi connectivity index (χ1v) is 14.0. The van der Waals surface area contributed by atoms with Gasteiger partial charge in [0.25, 0.3) is 11.8 Å². The smallest absolute Gasteiger partial charge is 0.422 e. The molecule has 15 heteroatoms. The molecule has 0 saturated carbocycles. The Labute approximate surface area is 258 Å². The molecule has 0 fully saturated rings. The second-order valence-corrected chi connectivity index (χ2v) is 11.4. The maximum absolute atomic E-state index is 14.5. The van der Waals surface area contributed by atoms with Crippen LogP contribution in [0.15, 0.2) is 42.6 Å². The van der Waals surface area contributed by atoms with Gasteiger partial charge in [0.05, 0.1) is 24.1 Å². The van der Waals surface area contributed by atoms with E-state index in [0.717, 1.165) is 0 Å². The van der Waals surface area contributed by atoms with E-state index in [0.29, 0.717) is 32.5 Å². The third kappa shape index (κ3) is 4.44. The first-order chi connectivity index (χ1) is 20.8. The lowest BCUT2D eigenvalue weighted by atomic mass is 9.86. The molecule has 0 unspecified atom stereocenters. The van der Waals surface area contributed by atoms with Crippen LogP contribution in [-0.2, 0) is 10.3 Å². The number of fused-ring (bicyclic) bond motifs is 4. The molecular weight excluding hydrogens is 624 g/mol. The van der Waals surface area contributed by atoms with E-state index in [1.165, 1.54) is 18.2 Å². The summed E-state index contributed by atoms with van der Waals surface area (Å²) >= 11 is 12.7. The van der Waals surface area contributed by atoms with Crippen molar-refractivity contribution < 1.29 is 32.2 Å². The second-order valence-electron chi connectivity index (χ2n) is 10.5. The van der Waals surface area contributed by atoms with Crippen molar-refractivity contribution in [2.24, 2.45) is 0 Å². The van der Waals surface area contributed by atoms with E-state index in [2.05, 4.69) is 15.3 Å². The number of alkyl halides is 3. The van der Waals surface area contributed by atoms with Crippen molar-refractivity contribution in [1.29, 1.82) is 0 Å². The zero-order chi connectivity index (χ0) is 31.7. The van der Waals surface area contributed by atoms with Crippen LogP contribution in [0, 0.1) is 6.92 Å². The molecule has 0 radical (unpaired) electrons. The molecular formula is C29H23Cl2F3N6O4. The van der Waals surface area contributed by atoms with Crippen LogP contribution < -0.4 is 19.7 Å². The Bertz CT molecular complexity index is 1860. The number of hydrogen-bond donors (Lipinski definition) is 1. The minimum Gasteiger partial charge on any atom is -0.480 e. The second kappa shape index (κ2) is 10.4. The van der Waals surface area contributed by atoms with E-state index in [-0.39, 0.29) is 28.7 Å². The Hall–Kier alpha value is -4.36. The monoisotopic (exact) mass is 646 g/mol. The average Bonchev–Trinajstić information content (AvgIpc) is 3.56. The van der Waals surface area contributed by atoms with E-state index >= 15 is 0 Å². The summed E-state index contributed by atoms with van der Waals surface area (Å²) in [5, 5.41) is 3.62. The highest BCUT2D eigenvalue weighted by molar-refractivity contribution is 6.32. The summed E-state index contributed by atoms with van der Waals surface area (Å²) in [5.74, 6) is -1.08. The van der Waals surface area contributed by atoms with Gasteiger partial charge in [-0.1, -0.05) is 35.3 Å². The highest BCUT2D eigenvalue weighted by Crippen LogP contribution is 2.55. The Morgan fingerprint density at radius 3 is 2.45 bits per heavy atom. The normalized spacial score (nSPS) is 17.4. The van der Waals surface area contributed by atoms with Crippen molar-refractivity contribution in [3.05, 3.63) is 75.2 Å². The maximum atomic E-state index is 14.5. The largest absolute Gasteiger partial charge is 0.480 e. The minimum atomic E-state index is -4.60. The minimum absolute atomic E-state index is 0.0227. The predicted octanol–water partition coefficient (Wildman–Crippen LogP) is 6.34. The van der Waals surface area contributed by atoms with Gasteiger partial charge in [-0.05, 0) is 50.6 Å². The fraction of sp³-hybridized carbons (Fsp3) is 0.276. The molecule has 2 amide bonds. The average molecular weight is 647 g/mol. The summed E-state index contributed by atoms with van der Waals surface area (Å²) < 4.78 is 50.0. The highest BCUT2D eigenvalue weighted by atomic mass is 35.5. The Balaban J connectivity index is 1.63. The van der Waals surface area contributed by atoms with Gasteiger partial charge in [0.1, 0.15) is 5.82 Å². The van der Waals surface area contributed by atoms with Gasteiger partial charge in [0.15, 0.2) is 17.8 Å². The number of nitrogens with zero attached hydrogens (tertiary/aromatic N) is 5. The molecule has 0 aliphatic carbocycles. The first-order valence-electron chi connectivity index (χ1n) is 13.2. The van der Waals surface area contributed by atoms with Crippen LogP contribution in [0.2, 0.25) is 10.0 Å². The van der Waals surface area contributed by atoms with Crippen molar-refractivity contribution in [1.82, 2.24) is 19.5 Å². The number of aromatic nitrogens is 4. The SMILES string of the molecule is COc1nc(OCC(F)(F)F)ncc1-c1nc2c(n1C(C)C)[C@@]1(C(=O)Nc3cc(Cl)ccc31)N(c1cc(Cl)ccc1C)C2=O. The van der Waals surface area contributed by atoms with Crippen LogP contribution in [0.3, 0.4) is 0 Å². The zero-order valence-corrected chi connectivity index (χ0v) is 25.1. The van der Waals surface area contributed by atoms with Crippen LogP contribution in [-0.4, -0.2) is 51.2 Å². The van der Waals surface area contributed by atoms with E-state index in [9.17, 15) is 22.8 Å². The number of imidazole rings is 1. The fourth-order valence-corrected chi connectivity index (χ4v) is 6.04. The van der Waals surface area contributed by atoms with Crippen LogP contribution in [0.1, 0.15) is 47.2 Å². The Morgan fingerprint density at radius 1 is 1.07 bits per heavy atom. The number of ether oxygens (including phenoxy) is 2. The number of halogens is 5. The molecule has 1 N–H and O–H groups in total. The number of nitrogens with one attached hydrogen (secondary N) is 1. The summed E-state index contributed by atoms with van der Waals surface area (Å²) in [6.07, 6.45) is -3.40. The zero-order valence-electron chi connectivity index (χ0n) is 23.6. The topological polar surface area (TPSA) is 111 Å². The van der Waals surface area contributed by atoms with Crippen LogP contribution >= 0.6 is 23.2 Å². The van der Waals surface area contributed by atoms with E-state index < -0.39 is 42.2 Å². The maximum Gasteiger partial charge on any atom is 0.422 e. The number of hydrogen-bond acceptors (Lipinski definition) is 7. The predicted molar refractivity (Wildman–Crippen MR) is 156 cm³/mol. The highest BCUT2D eigenvalue weighted by Gasteiger charge is 2.64. The lowest BCUT2D eigenvalue weighted by Gasteiger charge is -2.36. The number of carbonyl (C=O) groups excluding carboxylic acids is 2. The number of aryl methyl sites for hydroxylation is 1. The number of amides is 2. The molecule has 1 spiro atoms. The molecule has 228 valence electrons. The summed E-state index contributed by atoms with van der Waals surface area (Å²) in [7, 11) is 1.27. The molecule has 2 aliphatic rings. The third-order valence-corrected chi connectivity index (χ3v) is 7.87. The van der Waals surface area contributed by atoms with Gasteiger partial charge >= 0.3 is 12.2 Å². The number of methoxy groups -OCH3 is 1. The summed E-state index contributed by atoms with van der Waals surface area (Å²) in [6, 6.07) is 8.98. The summed E-state index contributed by atoms with van der Waals surface area (Å²) in [5.41, 5.74) is 0.643. The molecule has 4 aromatic rings. The lowest BCUT2D eigenvalue weighted by Crippen LogP contribution is -2.51. The first kappa shape index (κ1) is 29.7. The van der Waals surface area contributed by atoms with Crippen molar-refractivity contribution in [2.45, 2.75) is 38.5 Å². The molecule has 0 saturated heterocycles. The van der Waals surface area contributed by atoms with Gasteiger partial charge in [0.2, 0.25) is 5.88 Å². The van der Waals surface area contributed by atoms with Crippen molar-refractivity contribution in [3.8, 4) is 23.3 Å². The molecule has 10 nitrogen and oxygen atoms in total. The van der Waals surface area contributed by atoms with Gasteiger partial charge in [-0.2, -0.15) is 18.2 Å². The number of anilines is 2. The van der Waals surface area contributed by atoms with Crippen LogP contribution in [0.4, 0.5) is 24.5 Å². The molecule has 6 rings (SSSR count). The molecule has 2 aromatic heterocycles. The van der Waals surface area contributed by atoms with E-state index in [1.807, 2.05) is 13.8 Å². The van der Waals surface area contributed by atoms with Gasteiger partial charge in [-0.25, -0.2) is 9.97 Å². The molecule has 44 heavy (non-hydrogen) atoms. The molecule has 0 bridgehead atoms. The van der Waals surface area contributed by atoms with Gasteiger partial charge in [-0.3, -0.25) is 14.5 Å². The van der Waals surface area contributed by atoms with Crippen LogP contribution in [0.25, 0.3) is 11.4 Å². The van der Waals surface area contributed by atoms with Gasteiger partial charge < -0.3 is 19.4 Å².